The first-order chi connectivity index (χ1) is 15.3. The summed E-state index contributed by atoms with van der Waals surface area (Å²) < 4.78 is 25.7. The van der Waals surface area contributed by atoms with Crippen LogP contribution in [0, 0.1) is 17.7 Å². The molecule has 32 heavy (non-hydrogen) atoms. The van der Waals surface area contributed by atoms with Crippen LogP contribution in [0.4, 0.5) is 10.1 Å². The SMILES string of the molecule is COC(=O)c1cc(OCc2ccccc2)c(F)cc1N(C(=O)[C@H]1CC[C@H](C)CC1)C(C)C. The molecular weight excluding hydrogens is 409 g/mol. The van der Waals surface area contributed by atoms with Crippen LogP contribution in [0.25, 0.3) is 0 Å². The van der Waals surface area contributed by atoms with Crippen LogP contribution < -0.4 is 9.64 Å². The van der Waals surface area contributed by atoms with Gasteiger partial charge in [0.25, 0.3) is 0 Å². The Morgan fingerprint density at radius 3 is 2.34 bits per heavy atom. The Balaban J connectivity index is 1.94. The fourth-order valence-electron chi connectivity index (χ4n) is 4.22. The van der Waals surface area contributed by atoms with E-state index in [9.17, 15) is 9.59 Å². The number of halogens is 1. The van der Waals surface area contributed by atoms with Crippen molar-refractivity contribution in [3.63, 3.8) is 0 Å². The van der Waals surface area contributed by atoms with E-state index in [0.717, 1.165) is 31.2 Å². The molecule has 1 fully saturated rings. The average molecular weight is 442 g/mol. The summed E-state index contributed by atoms with van der Waals surface area (Å²) in [5.74, 6) is -0.915. The lowest BCUT2D eigenvalue weighted by Gasteiger charge is -2.34. The summed E-state index contributed by atoms with van der Waals surface area (Å²) in [5, 5.41) is 0. The van der Waals surface area contributed by atoms with Gasteiger partial charge < -0.3 is 14.4 Å². The molecule has 0 saturated heterocycles. The molecule has 0 N–H and O–H groups in total. The minimum atomic E-state index is -0.639. The standard InChI is InChI=1S/C26H32FNO4/c1-17(2)28(25(29)20-12-10-18(3)11-13-20)23-15-22(27)24(14-21(23)26(30)31-4)32-16-19-8-6-5-7-9-19/h5-9,14-15,17-18,20H,10-13,16H2,1-4H3/t18-,20-. The molecule has 0 spiro atoms. The second-order valence-electron chi connectivity index (χ2n) is 8.82. The second-order valence-corrected chi connectivity index (χ2v) is 8.82. The summed E-state index contributed by atoms with van der Waals surface area (Å²) >= 11 is 0. The van der Waals surface area contributed by atoms with Gasteiger partial charge in [-0.15, -0.1) is 0 Å². The number of hydrogen-bond donors (Lipinski definition) is 0. The maximum Gasteiger partial charge on any atom is 0.340 e. The Bertz CT molecular complexity index is 936. The van der Waals surface area contributed by atoms with Gasteiger partial charge in [-0.1, -0.05) is 37.3 Å². The van der Waals surface area contributed by atoms with Gasteiger partial charge in [-0.05, 0) is 57.1 Å². The molecule has 1 aliphatic rings. The number of anilines is 1. The van der Waals surface area contributed by atoms with Gasteiger partial charge in [0, 0.05) is 18.0 Å². The third kappa shape index (κ3) is 5.47. The predicted molar refractivity (Wildman–Crippen MR) is 122 cm³/mol. The molecule has 0 unspecified atom stereocenters. The second kappa shape index (κ2) is 10.6. The lowest BCUT2D eigenvalue weighted by molar-refractivity contribution is -0.123. The van der Waals surface area contributed by atoms with Crippen LogP contribution in [0.2, 0.25) is 0 Å². The molecule has 0 aromatic heterocycles. The van der Waals surface area contributed by atoms with Crippen LogP contribution >= 0.6 is 0 Å². The zero-order valence-electron chi connectivity index (χ0n) is 19.3. The largest absolute Gasteiger partial charge is 0.486 e. The molecule has 0 bridgehead atoms. The maximum absolute atomic E-state index is 15.1. The van der Waals surface area contributed by atoms with Gasteiger partial charge in [-0.25, -0.2) is 9.18 Å². The number of carbonyl (C=O) groups is 2. The fourth-order valence-corrected chi connectivity index (χ4v) is 4.22. The van der Waals surface area contributed by atoms with Crippen molar-refractivity contribution >= 4 is 17.6 Å². The molecule has 1 saturated carbocycles. The van der Waals surface area contributed by atoms with Crippen molar-refractivity contribution in [2.45, 2.75) is 59.1 Å². The number of ether oxygens (including phenoxy) is 2. The molecule has 2 aromatic carbocycles. The molecule has 5 nitrogen and oxygen atoms in total. The molecule has 0 aliphatic heterocycles. The van der Waals surface area contributed by atoms with Gasteiger partial charge in [-0.3, -0.25) is 4.79 Å². The fraction of sp³-hybridized carbons (Fsp3) is 0.462. The molecule has 3 rings (SSSR count). The number of nitrogens with zero attached hydrogens (tertiary/aromatic N) is 1. The van der Waals surface area contributed by atoms with Gasteiger partial charge in [0.2, 0.25) is 5.91 Å². The molecular formula is C26H32FNO4. The van der Waals surface area contributed by atoms with Gasteiger partial charge in [0.15, 0.2) is 11.6 Å². The molecule has 0 radical (unpaired) electrons. The minimum Gasteiger partial charge on any atom is -0.486 e. The summed E-state index contributed by atoms with van der Waals surface area (Å²) in [6.45, 7) is 6.08. The number of esters is 1. The number of methoxy groups -OCH3 is 1. The van der Waals surface area contributed by atoms with E-state index in [4.69, 9.17) is 9.47 Å². The normalized spacial score (nSPS) is 18.3. The van der Waals surface area contributed by atoms with Crippen molar-refractivity contribution in [2.24, 2.45) is 11.8 Å². The van der Waals surface area contributed by atoms with E-state index in [-0.39, 0.29) is 41.5 Å². The zero-order chi connectivity index (χ0) is 23.3. The molecule has 1 aliphatic carbocycles. The first-order valence-corrected chi connectivity index (χ1v) is 11.2. The van der Waals surface area contributed by atoms with Crippen LogP contribution in [0.3, 0.4) is 0 Å². The quantitative estimate of drug-likeness (QED) is 0.513. The lowest BCUT2D eigenvalue weighted by Crippen LogP contribution is -2.43. The van der Waals surface area contributed by atoms with Crippen molar-refractivity contribution in [1.29, 1.82) is 0 Å². The van der Waals surface area contributed by atoms with Crippen molar-refractivity contribution in [1.82, 2.24) is 0 Å². The van der Waals surface area contributed by atoms with E-state index in [1.54, 1.807) is 0 Å². The van der Waals surface area contributed by atoms with E-state index in [0.29, 0.717) is 5.92 Å². The number of rotatable bonds is 7. The topological polar surface area (TPSA) is 55.8 Å². The molecule has 6 heteroatoms. The van der Waals surface area contributed by atoms with Crippen molar-refractivity contribution < 1.29 is 23.5 Å². The van der Waals surface area contributed by atoms with Crippen LogP contribution in [-0.4, -0.2) is 25.0 Å². The van der Waals surface area contributed by atoms with Gasteiger partial charge in [0.1, 0.15) is 6.61 Å². The molecule has 0 heterocycles. The first-order valence-electron chi connectivity index (χ1n) is 11.2. The Kier molecular flexibility index (Phi) is 7.89. The average Bonchev–Trinajstić information content (AvgIpc) is 2.79. The van der Waals surface area contributed by atoms with Crippen LogP contribution in [0.15, 0.2) is 42.5 Å². The zero-order valence-corrected chi connectivity index (χ0v) is 19.3. The highest BCUT2D eigenvalue weighted by Crippen LogP contribution is 2.35. The highest BCUT2D eigenvalue weighted by atomic mass is 19.1. The van der Waals surface area contributed by atoms with E-state index >= 15 is 4.39 Å². The molecule has 172 valence electrons. The lowest BCUT2D eigenvalue weighted by atomic mass is 9.82. The van der Waals surface area contributed by atoms with Crippen LogP contribution in [-0.2, 0) is 16.1 Å². The highest BCUT2D eigenvalue weighted by Gasteiger charge is 2.33. The Hall–Kier alpha value is -2.89. The smallest absolute Gasteiger partial charge is 0.340 e. The molecule has 2 aromatic rings. The molecule has 0 atom stereocenters. The Morgan fingerprint density at radius 1 is 1.09 bits per heavy atom. The van der Waals surface area contributed by atoms with Crippen molar-refractivity contribution in [3.8, 4) is 5.75 Å². The third-order valence-corrected chi connectivity index (χ3v) is 6.07. The summed E-state index contributed by atoms with van der Waals surface area (Å²) in [5.41, 5.74) is 1.21. The molecule has 1 amide bonds. The van der Waals surface area contributed by atoms with Gasteiger partial charge >= 0.3 is 5.97 Å². The van der Waals surface area contributed by atoms with E-state index < -0.39 is 11.8 Å². The minimum absolute atomic E-state index is 0.0550. The van der Waals surface area contributed by atoms with Gasteiger partial charge in [0.05, 0.1) is 18.4 Å². The first kappa shape index (κ1) is 23.8. The number of amides is 1. The van der Waals surface area contributed by atoms with E-state index in [1.807, 2.05) is 44.2 Å². The van der Waals surface area contributed by atoms with E-state index in [2.05, 4.69) is 6.92 Å². The summed E-state index contributed by atoms with van der Waals surface area (Å²) in [4.78, 5) is 27.6. The Morgan fingerprint density at radius 2 is 1.75 bits per heavy atom. The maximum atomic E-state index is 15.1. The third-order valence-electron chi connectivity index (χ3n) is 6.07. The summed E-state index contributed by atoms with van der Waals surface area (Å²) in [7, 11) is 1.27. The number of carbonyl (C=O) groups excluding carboxylic acids is 2. The van der Waals surface area contributed by atoms with Crippen LogP contribution in [0.1, 0.15) is 62.4 Å². The van der Waals surface area contributed by atoms with Crippen molar-refractivity contribution in [3.05, 3.63) is 59.4 Å². The van der Waals surface area contributed by atoms with Crippen LogP contribution in [0.5, 0.6) is 5.75 Å². The predicted octanol–water partition coefficient (Wildman–Crippen LogP) is 5.76. The number of benzene rings is 2. The summed E-state index contributed by atoms with van der Waals surface area (Å²) in [6, 6.07) is 11.7. The number of hydrogen-bond acceptors (Lipinski definition) is 4. The van der Waals surface area contributed by atoms with E-state index in [1.165, 1.54) is 24.1 Å². The highest BCUT2D eigenvalue weighted by molar-refractivity contribution is 6.04. The summed E-state index contributed by atoms with van der Waals surface area (Å²) in [6.07, 6.45) is 3.59. The van der Waals surface area contributed by atoms with Gasteiger partial charge in [-0.2, -0.15) is 0 Å². The van der Waals surface area contributed by atoms with Crippen molar-refractivity contribution in [2.75, 3.05) is 12.0 Å². The Labute approximate surface area is 189 Å². The monoisotopic (exact) mass is 441 g/mol.